The Bertz CT molecular complexity index is 397. The Morgan fingerprint density at radius 3 is 2.70 bits per heavy atom. The predicted molar refractivity (Wildman–Crippen MR) is 84.9 cm³/mol. The van der Waals surface area contributed by atoms with Crippen LogP contribution in [0.25, 0.3) is 0 Å². The van der Waals surface area contributed by atoms with E-state index in [0.29, 0.717) is 12.5 Å². The number of hydrogen-bond acceptors (Lipinski definition) is 4. The van der Waals surface area contributed by atoms with Crippen LogP contribution in [0.15, 0.2) is 30.3 Å². The lowest BCUT2D eigenvalue weighted by Gasteiger charge is -2.24. The minimum Gasteiger partial charge on any atom is -0.348 e. The smallest absolute Gasteiger partial charge is 0.163 e. The van der Waals surface area contributed by atoms with Gasteiger partial charge in [0, 0.05) is 19.0 Å². The third kappa shape index (κ3) is 4.77. The van der Waals surface area contributed by atoms with Gasteiger partial charge in [-0.3, -0.25) is 0 Å². The van der Waals surface area contributed by atoms with Crippen molar-refractivity contribution in [2.75, 3.05) is 25.2 Å². The van der Waals surface area contributed by atoms with E-state index >= 15 is 0 Å². The van der Waals surface area contributed by atoms with Crippen LogP contribution in [-0.2, 0) is 16.0 Å². The average Bonchev–Trinajstić information content (AvgIpc) is 2.79. The minimum absolute atomic E-state index is 0.195. The molecule has 112 valence electrons. The highest BCUT2D eigenvalue weighted by Gasteiger charge is 2.36. The summed E-state index contributed by atoms with van der Waals surface area (Å²) in [6, 6.07) is 10.5. The van der Waals surface area contributed by atoms with E-state index in [4.69, 9.17) is 9.47 Å². The van der Waals surface area contributed by atoms with E-state index in [2.05, 4.69) is 35.8 Å². The molecule has 4 heteroatoms. The van der Waals surface area contributed by atoms with Crippen molar-refractivity contribution in [3.05, 3.63) is 35.9 Å². The molecule has 2 atom stereocenters. The maximum Gasteiger partial charge on any atom is 0.163 e. The third-order valence-corrected chi connectivity index (χ3v) is 4.28. The molecule has 0 saturated carbocycles. The first-order chi connectivity index (χ1) is 9.61. The number of rotatable bonds is 7. The lowest BCUT2D eigenvalue weighted by Crippen LogP contribution is -2.35. The van der Waals surface area contributed by atoms with Crippen LogP contribution in [0.2, 0.25) is 0 Å². The fraction of sp³-hybridized carbons (Fsp3) is 0.625. The van der Waals surface area contributed by atoms with Gasteiger partial charge in [0.05, 0.1) is 12.7 Å². The van der Waals surface area contributed by atoms with Gasteiger partial charge in [-0.1, -0.05) is 30.3 Å². The molecule has 1 unspecified atom stereocenters. The Labute approximate surface area is 126 Å². The molecular weight excluding hydrogens is 270 g/mol. The molecule has 1 fully saturated rings. The van der Waals surface area contributed by atoms with Crippen molar-refractivity contribution in [1.82, 2.24) is 5.32 Å². The van der Waals surface area contributed by atoms with Gasteiger partial charge in [-0.25, -0.2) is 0 Å². The number of ether oxygens (including phenoxy) is 2. The van der Waals surface area contributed by atoms with Crippen LogP contribution in [0.1, 0.15) is 19.4 Å². The number of hydrogen-bond donors (Lipinski definition) is 1. The van der Waals surface area contributed by atoms with Crippen molar-refractivity contribution >= 4 is 11.8 Å². The van der Waals surface area contributed by atoms with Gasteiger partial charge in [-0.05, 0) is 31.4 Å². The number of nitrogens with one attached hydrogen (secondary N) is 1. The van der Waals surface area contributed by atoms with Gasteiger partial charge >= 0.3 is 0 Å². The lowest BCUT2D eigenvalue weighted by atomic mass is 10.1. The molecule has 1 aromatic carbocycles. The minimum atomic E-state index is -0.430. The van der Waals surface area contributed by atoms with Crippen LogP contribution in [0.3, 0.4) is 0 Å². The monoisotopic (exact) mass is 295 g/mol. The van der Waals surface area contributed by atoms with Gasteiger partial charge in [0.25, 0.3) is 0 Å². The molecule has 0 amide bonds. The van der Waals surface area contributed by atoms with Crippen molar-refractivity contribution in [2.24, 2.45) is 5.92 Å². The highest BCUT2D eigenvalue weighted by atomic mass is 32.2. The van der Waals surface area contributed by atoms with Crippen LogP contribution in [0.4, 0.5) is 0 Å². The highest BCUT2D eigenvalue weighted by molar-refractivity contribution is 7.98. The third-order valence-electron chi connectivity index (χ3n) is 3.52. The van der Waals surface area contributed by atoms with E-state index in [9.17, 15) is 0 Å². The Kier molecular flexibility index (Phi) is 5.90. The Morgan fingerprint density at radius 2 is 2.10 bits per heavy atom. The van der Waals surface area contributed by atoms with Crippen LogP contribution < -0.4 is 5.32 Å². The zero-order chi connectivity index (χ0) is 14.4. The van der Waals surface area contributed by atoms with Crippen LogP contribution in [0.5, 0.6) is 0 Å². The van der Waals surface area contributed by atoms with Gasteiger partial charge in [-0.2, -0.15) is 11.8 Å². The van der Waals surface area contributed by atoms with Crippen molar-refractivity contribution in [3.8, 4) is 0 Å². The summed E-state index contributed by atoms with van der Waals surface area (Å²) >= 11 is 1.87. The maximum absolute atomic E-state index is 5.99. The maximum atomic E-state index is 5.99. The Balaban J connectivity index is 1.81. The molecule has 1 aliphatic heterocycles. The van der Waals surface area contributed by atoms with Gasteiger partial charge in [-0.15, -0.1) is 0 Å². The summed E-state index contributed by atoms with van der Waals surface area (Å²) < 4.78 is 11.7. The van der Waals surface area contributed by atoms with Gasteiger partial charge in [0.1, 0.15) is 0 Å². The van der Waals surface area contributed by atoms with Crippen LogP contribution >= 0.6 is 11.8 Å². The van der Waals surface area contributed by atoms with E-state index in [0.717, 1.165) is 18.8 Å². The summed E-state index contributed by atoms with van der Waals surface area (Å²) in [5.74, 6) is 1.14. The highest BCUT2D eigenvalue weighted by Crippen LogP contribution is 2.28. The molecule has 0 bridgehead atoms. The molecule has 0 aliphatic carbocycles. The lowest BCUT2D eigenvalue weighted by molar-refractivity contribution is -0.143. The molecule has 0 radical (unpaired) electrons. The first kappa shape index (κ1) is 15.8. The normalized spacial score (nSPS) is 22.9. The molecule has 20 heavy (non-hydrogen) atoms. The molecule has 1 aromatic rings. The van der Waals surface area contributed by atoms with Crippen LogP contribution in [-0.4, -0.2) is 37.1 Å². The zero-order valence-electron chi connectivity index (χ0n) is 12.6. The Hall–Kier alpha value is -0.550. The molecule has 0 aromatic heterocycles. The predicted octanol–water partition coefficient (Wildman–Crippen LogP) is 2.91. The molecule has 3 nitrogen and oxygen atoms in total. The fourth-order valence-electron chi connectivity index (χ4n) is 2.46. The van der Waals surface area contributed by atoms with Crippen molar-refractivity contribution in [1.29, 1.82) is 0 Å². The van der Waals surface area contributed by atoms with Crippen molar-refractivity contribution in [2.45, 2.75) is 32.3 Å². The van der Waals surface area contributed by atoms with E-state index in [1.54, 1.807) is 0 Å². The first-order valence-corrected chi connectivity index (χ1v) is 8.55. The molecule has 1 aliphatic rings. The fourth-order valence-corrected chi connectivity index (χ4v) is 3.22. The summed E-state index contributed by atoms with van der Waals surface area (Å²) in [7, 11) is 0. The Morgan fingerprint density at radius 1 is 1.35 bits per heavy atom. The second-order valence-corrected chi connectivity index (χ2v) is 6.61. The molecule has 1 N–H and O–H groups in total. The average molecular weight is 295 g/mol. The van der Waals surface area contributed by atoms with Crippen LogP contribution in [0, 0.1) is 5.92 Å². The van der Waals surface area contributed by atoms with E-state index in [1.165, 1.54) is 5.56 Å². The molecule has 2 rings (SSSR count). The second-order valence-electron chi connectivity index (χ2n) is 5.70. The standard InChI is InChI=1S/C16H25NO2S/c1-16(2)18-11-15(19-16)14(12-20-3)10-17-9-13-7-5-4-6-8-13/h4-8,14-15,17H,9-12H2,1-3H3/t14?,15-/m0/s1. The van der Waals surface area contributed by atoms with E-state index in [1.807, 2.05) is 31.7 Å². The number of benzene rings is 1. The summed E-state index contributed by atoms with van der Waals surface area (Å²) in [6.45, 7) is 6.54. The molecule has 0 spiro atoms. The summed E-state index contributed by atoms with van der Waals surface area (Å²) in [5, 5.41) is 3.54. The zero-order valence-corrected chi connectivity index (χ0v) is 13.4. The number of thioether (sulfide) groups is 1. The molecular formula is C16H25NO2S. The topological polar surface area (TPSA) is 30.5 Å². The van der Waals surface area contributed by atoms with Gasteiger partial charge < -0.3 is 14.8 Å². The SMILES string of the molecule is CSCC(CNCc1ccccc1)[C@@H]1COC(C)(C)O1. The first-order valence-electron chi connectivity index (χ1n) is 7.16. The van der Waals surface area contributed by atoms with Gasteiger partial charge in [0.15, 0.2) is 5.79 Å². The molecule has 1 saturated heterocycles. The second kappa shape index (κ2) is 7.46. The quantitative estimate of drug-likeness (QED) is 0.838. The van der Waals surface area contributed by atoms with Crippen molar-refractivity contribution < 1.29 is 9.47 Å². The van der Waals surface area contributed by atoms with Gasteiger partial charge in [0.2, 0.25) is 0 Å². The summed E-state index contributed by atoms with van der Waals surface area (Å²) in [6.07, 6.45) is 2.34. The van der Waals surface area contributed by atoms with E-state index in [-0.39, 0.29) is 6.10 Å². The largest absolute Gasteiger partial charge is 0.348 e. The van der Waals surface area contributed by atoms with E-state index < -0.39 is 5.79 Å². The summed E-state index contributed by atoms with van der Waals surface area (Å²) in [4.78, 5) is 0. The molecule has 1 heterocycles. The van der Waals surface area contributed by atoms with Crippen molar-refractivity contribution in [3.63, 3.8) is 0 Å². The summed E-state index contributed by atoms with van der Waals surface area (Å²) in [5.41, 5.74) is 1.32.